The van der Waals surface area contributed by atoms with Gasteiger partial charge in [-0.15, -0.1) is 0 Å². The smallest absolute Gasteiger partial charge is 0.243 e. The molecule has 0 saturated carbocycles. The highest BCUT2D eigenvalue weighted by Gasteiger charge is 2.25. The van der Waals surface area contributed by atoms with Crippen molar-refractivity contribution in [2.75, 3.05) is 13.1 Å². The Morgan fingerprint density at radius 3 is 2.68 bits per heavy atom. The van der Waals surface area contributed by atoms with E-state index in [1.807, 2.05) is 13.0 Å². The summed E-state index contributed by atoms with van der Waals surface area (Å²) in [4.78, 5) is 0.225. The number of nitrogens with two attached hydrogens (primary N) is 1. The fourth-order valence-corrected chi connectivity index (χ4v) is 3.70. The molecule has 2 rings (SSSR count). The van der Waals surface area contributed by atoms with Gasteiger partial charge >= 0.3 is 0 Å². The standard InChI is InChI=1S/C13H17ClN2O2S/c1-10-4-6-16(7-5-10)19(17,18)12-3-2-11(9-15)13(14)8-12/h2-4,8H,5-7,9,15H2,1H3. The van der Waals surface area contributed by atoms with Crippen LogP contribution in [0.4, 0.5) is 0 Å². The molecule has 4 nitrogen and oxygen atoms in total. The molecule has 0 bridgehead atoms. The van der Waals surface area contributed by atoms with E-state index in [9.17, 15) is 8.42 Å². The van der Waals surface area contributed by atoms with E-state index in [-0.39, 0.29) is 4.90 Å². The summed E-state index contributed by atoms with van der Waals surface area (Å²) in [7, 11) is -3.47. The van der Waals surface area contributed by atoms with Crippen LogP contribution in [-0.4, -0.2) is 25.8 Å². The van der Waals surface area contributed by atoms with Crippen molar-refractivity contribution >= 4 is 21.6 Å². The van der Waals surface area contributed by atoms with Crippen molar-refractivity contribution in [1.82, 2.24) is 4.31 Å². The molecule has 19 heavy (non-hydrogen) atoms. The van der Waals surface area contributed by atoms with E-state index in [1.54, 1.807) is 12.1 Å². The largest absolute Gasteiger partial charge is 0.326 e. The third-order valence-corrected chi connectivity index (χ3v) is 5.49. The Balaban J connectivity index is 2.32. The van der Waals surface area contributed by atoms with Gasteiger partial charge in [-0.05, 0) is 31.0 Å². The molecular weight excluding hydrogens is 284 g/mol. The molecule has 0 aliphatic carbocycles. The van der Waals surface area contributed by atoms with Crippen LogP contribution >= 0.6 is 11.6 Å². The van der Waals surface area contributed by atoms with Crippen LogP contribution in [0.25, 0.3) is 0 Å². The summed E-state index contributed by atoms with van der Waals surface area (Å²) in [6.45, 7) is 3.24. The lowest BCUT2D eigenvalue weighted by Crippen LogP contribution is -2.34. The zero-order valence-corrected chi connectivity index (χ0v) is 12.3. The molecule has 0 amide bonds. The zero-order chi connectivity index (χ0) is 14.0. The number of halogens is 1. The van der Waals surface area contributed by atoms with Crippen molar-refractivity contribution in [3.05, 3.63) is 40.4 Å². The van der Waals surface area contributed by atoms with Crippen LogP contribution in [0, 0.1) is 0 Å². The molecule has 104 valence electrons. The number of nitrogens with zero attached hydrogens (tertiary/aromatic N) is 1. The first kappa shape index (κ1) is 14.5. The van der Waals surface area contributed by atoms with Crippen LogP contribution in [0.15, 0.2) is 34.7 Å². The Kier molecular flexibility index (Phi) is 4.30. The fourth-order valence-electron chi connectivity index (χ4n) is 1.97. The Morgan fingerprint density at radius 1 is 1.42 bits per heavy atom. The zero-order valence-electron chi connectivity index (χ0n) is 10.8. The van der Waals surface area contributed by atoms with E-state index >= 15 is 0 Å². The van der Waals surface area contributed by atoms with E-state index in [0.29, 0.717) is 24.7 Å². The lowest BCUT2D eigenvalue weighted by Gasteiger charge is -2.25. The topological polar surface area (TPSA) is 63.4 Å². The molecule has 1 aromatic carbocycles. The van der Waals surface area contributed by atoms with Crippen LogP contribution in [-0.2, 0) is 16.6 Å². The normalized spacial score (nSPS) is 17.3. The van der Waals surface area contributed by atoms with Gasteiger partial charge < -0.3 is 5.73 Å². The number of hydrogen-bond donors (Lipinski definition) is 1. The van der Waals surface area contributed by atoms with Crippen LogP contribution in [0.3, 0.4) is 0 Å². The Morgan fingerprint density at radius 2 is 2.16 bits per heavy atom. The molecule has 1 aliphatic rings. The lowest BCUT2D eigenvalue weighted by atomic mass is 10.1. The predicted molar refractivity (Wildman–Crippen MR) is 76.5 cm³/mol. The molecule has 2 N–H and O–H groups in total. The summed E-state index contributed by atoms with van der Waals surface area (Å²) in [6, 6.07) is 4.71. The van der Waals surface area contributed by atoms with E-state index < -0.39 is 10.0 Å². The van der Waals surface area contributed by atoms with Crippen molar-refractivity contribution < 1.29 is 8.42 Å². The van der Waals surface area contributed by atoms with Gasteiger partial charge in [0.15, 0.2) is 0 Å². The van der Waals surface area contributed by atoms with Gasteiger partial charge in [-0.3, -0.25) is 0 Å². The monoisotopic (exact) mass is 300 g/mol. The maximum atomic E-state index is 12.5. The number of rotatable bonds is 3. The Bertz CT molecular complexity index is 611. The molecule has 1 aliphatic heterocycles. The van der Waals surface area contributed by atoms with Crippen LogP contribution in [0.2, 0.25) is 5.02 Å². The summed E-state index contributed by atoms with van der Waals surface area (Å²) in [5.41, 5.74) is 7.49. The number of hydrogen-bond acceptors (Lipinski definition) is 3. The fraction of sp³-hybridized carbons (Fsp3) is 0.385. The molecular formula is C13H17ClN2O2S. The molecule has 0 unspecified atom stereocenters. The van der Waals surface area contributed by atoms with Gasteiger partial charge in [0.05, 0.1) is 4.90 Å². The predicted octanol–water partition coefficient (Wildman–Crippen LogP) is 2.14. The Hall–Kier alpha value is -0.880. The number of benzene rings is 1. The van der Waals surface area contributed by atoms with Gasteiger partial charge in [-0.1, -0.05) is 29.3 Å². The van der Waals surface area contributed by atoms with Gasteiger partial charge in [-0.25, -0.2) is 8.42 Å². The van der Waals surface area contributed by atoms with Gasteiger partial charge in [-0.2, -0.15) is 4.31 Å². The first-order valence-electron chi connectivity index (χ1n) is 6.09. The highest BCUT2D eigenvalue weighted by Crippen LogP contribution is 2.24. The summed E-state index contributed by atoms with van der Waals surface area (Å²) in [5, 5.41) is 0.396. The highest BCUT2D eigenvalue weighted by atomic mass is 35.5. The average Bonchev–Trinajstić information content (AvgIpc) is 2.39. The second-order valence-electron chi connectivity index (χ2n) is 4.62. The van der Waals surface area contributed by atoms with E-state index in [0.717, 1.165) is 12.0 Å². The third kappa shape index (κ3) is 3.00. The molecule has 0 radical (unpaired) electrons. The quantitative estimate of drug-likeness (QED) is 0.870. The molecule has 0 aromatic heterocycles. The van der Waals surface area contributed by atoms with Crippen molar-refractivity contribution in [1.29, 1.82) is 0 Å². The van der Waals surface area contributed by atoms with Crippen molar-refractivity contribution in [3.63, 3.8) is 0 Å². The van der Waals surface area contributed by atoms with Crippen molar-refractivity contribution in [3.8, 4) is 0 Å². The minimum atomic E-state index is -3.47. The van der Waals surface area contributed by atoms with Crippen LogP contribution in [0.5, 0.6) is 0 Å². The van der Waals surface area contributed by atoms with E-state index in [4.69, 9.17) is 17.3 Å². The van der Waals surface area contributed by atoms with Crippen LogP contribution in [0.1, 0.15) is 18.9 Å². The second kappa shape index (κ2) is 5.63. The van der Waals surface area contributed by atoms with Crippen molar-refractivity contribution in [2.45, 2.75) is 24.8 Å². The lowest BCUT2D eigenvalue weighted by molar-refractivity contribution is 0.431. The van der Waals surface area contributed by atoms with E-state index in [2.05, 4.69) is 0 Å². The van der Waals surface area contributed by atoms with Gasteiger partial charge in [0.1, 0.15) is 0 Å². The van der Waals surface area contributed by atoms with Gasteiger partial charge in [0.25, 0.3) is 0 Å². The van der Waals surface area contributed by atoms with E-state index in [1.165, 1.54) is 15.9 Å². The highest BCUT2D eigenvalue weighted by molar-refractivity contribution is 7.89. The molecule has 1 heterocycles. The SMILES string of the molecule is CC1=CCN(S(=O)(=O)c2ccc(CN)c(Cl)c2)CC1. The third-order valence-electron chi connectivity index (χ3n) is 3.28. The van der Waals surface area contributed by atoms with Crippen LogP contribution < -0.4 is 5.73 Å². The number of sulfonamides is 1. The maximum Gasteiger partial charge on any atom is 0.243 e. The second-order valence-corrected chi connectivity index (χ2v) is 6.97. The minimum Gasteiger partial charge on any atom is -0.326 e. The molecule has 0 spiro atoms. The first-order chi connectivity index (χ1) is 8.95. The molecule has 0 atom stereocenters. The first-order valence-corrected chi connectivity index (χ1v) is 7.91. The molecule has 1 aromatic rings. The minimum absolute atomic E-state index is 0.225. The van der Waals surface area contributed by atoms with Gasteiger partial charge in [0.2, 0.25) is 10.0 Å². The summed E-state index contributed by atoms with van der Waals surface area (Å²) in [5.74, 6) is 0. The molecule has 6 heteroatoms. The average molecular weight is 301 g/mol. The molecule has 0 fully saturated rings. The molecule has 0 saturated heterocycles. The summed E-state index contributed by atoms with van der Waals surface area (Å²) >= 11 is 6.02. The summed E-state index contributed by atoms with van der Waals surface area (Å²) < 4.78 is 26.4. The Labute approximate surface area is 118 Å². The van der Waals surface area contributed by atoms with Crippen molar-refractivity contribution in [2.24, 2.45) is 5.73 Å². The maximum absolute atomic E-state index is 12.5. The summed E-state index contributed by atoms with van der Waals surface area (Å²) in [6.07, 6.45) is 2.71. The van der Waals surface area contributed by atoms with Gasteiger partial charge in [0, 0.05) is 24.7 Å².